The fraction of sp³-hybridized carbons (Fsp3) is 0.364. The van der Waals surface area contributed by atoms with Gasteiger partial charge in [0.2, 0.25) is 0 Å². The van der Waals surface area contributed by atoms with Crippen LogP contribution in [-0.4, -0.2) is 41.9 Å². The third-order valence-corrected chi connectivity index (χ3v) is 3.02. The number of nitro groups is 1. The molecule has 0 bridgehead atoms. The molecule has 8 heteroatoms. The average molecular weight is 290 g/mol. The van der Waals surface area contributed by atoms with Crippen LogP contribution in [0.4, 0.5) is 10.1 Å². The van der Waals surface area contributed by atoms with Crippen molar-refractivity contribution in [1.82, 2.24) is 10.2 Å². The van der Waals surface area contributed by atoms with E-state index in [1.54, 1.807) is 7.05 Å². The van der Waals surface area contributed by atoms with Gasteiger partial charge in [0.1, 0.15) is 5.82 Å². The fourth-order valence-corrected chi connectivity index (χ4v) is 1.69. The maximum atomic E-state index is 13.6. The number of carbonyl (C=O) groups is 1. The van der Waals surface area contributed by atoms with Crippen LogP contribution < -0.4 is 5.32 Å². The van der Waals surface area contributed by atoms with Crippen LogP contribution in [0.15, 0.2) is 18.2 Å². The van der Waals surface area contributed by atoms with Crippen molar-refractivity contribution in [2.24, 2.45) is 0 Å². The molecule has 104 valence electrons. The first kappa shape index (κ1) is 15.3. The molecule has 0 aliphatic carbocycles. The highest BCUT2D eigenvalue weighted by Gasteiger charge is 2.28. The number of hydrogen-bond donors (Lipinski definition) is 1. The minimum atomic E-state index is -0.867. The number of rotatable bonds is 3. The van der Waals surface area contributed by atoms with Gasteiger partial charge < -0.3 is 10.2 Å². The number of hydrogen-bond acceptors (Lipinski definition) is 4. The quantitative estimate of drug-likeness (QED) is 0.670. The lowest BCUT2D eigenvalue weighted by Gasteiger charge is -2.35. The molecule has 0 aromatic heterocycles. The third-order valence-electron chi connectivity index (χ3n) is 3.02. The molecule has 2 rings (SSSR count). The van der Waals surface area contributed by atoms with Crippen molar-refractivity contribution in [3.8, 4) is 0 Å². The highest BCUT2D eigenvalue weighted by atomic mass is 35.5. The van der Waals surface area contributed by atoms with Gasteiger partial charge in [-0.15, -0.1) is 12.4 Å². The lowest BCUT2D eigenvalue weighted by molar-refractivity contribution is -0.385. The smallest absolute Gasteiger partial charge is 0.272 e. The van der Waals surface area contributed by atoms with Gasteiger partial charge >= 0.3 is 0 Å². The van der Waals surface area contributed by atoms with Crippen LogP contribution in [0.25, 0.3) is 0 Å². The molecule has 0 spiro atoms. The summed E-state index contributed by atoms with van der Waals surface area (Å²) in [5, 5.41) is 13.5. The summed E-state index contributed by atoms with van der Waals surface area (Å²) < 4.78 is 13.6. The average Bonchev–Trinajstić information content (AvgIpc) is 2.25. The van der Waals surface area contributed by atoms with Gasteiger partial charge in [-0.05, 0) is 6.07 Å². The zero-order chi connectivity index (χ0) is 13.3. The lowest BCUT2D eigenvalue weighted by Crippen LogP contribution is -2.57. The molecule has 6 nitrogen and oxygen atoms in total. The Balaban J connectivity index is 0.00000180. The van der Waals surface area contributed by atoms with Crippen LogP contribution in [0, 0.1) is 15.9 Å². The fourth-order valence-electron chi connectivity index (χ4n) is 1.69. The highest BCUT2D eigenvalue weighted by molar-refractivity contribution is 5.94. The SMILES string of the molecule is CN(C(=O)c1ccc([N+](=O)[O-])cc1F)C1CNC1.Cl. The van der Waals surface area contributed by atoms with E-state index in [1.165, 1.54) is 4.90 Å². The van der Waals surface area contributed by atoms with Gasteiger partial charge in [-0.3, -0.25) is 14.9 Å². The molecule has 1 aromatic carbocycles. The van der Waals surface area contributed by atoms with Crippen LogP contribution in [0.3, 0.4) is 0 Å². The van der Waals surface area contributed by atoms with E-state index in [0.717, 1.165) is 18.2 Å². The van der Waals surface area contributed by atoms with Gasteiger partial charge in [0, 0.05) is 26.2 Å². The second-order valence-corrected chi connectivity index (χ2v) is 4.15. The van der Waals surface area contributed by atoms with E-state index >= 15 is 0 Å². The van der Waals surface area contributed by atoms with E-state index in [2.05, 4.69) is 5.32 Å². The van der Waals surface area contributed by atoms with Gasteiger partial charge in [-0.25, -0.2) is 4.39 Å². The number of nitrogens with one attached hydrogen (secondary N) is 1. The molecule has 1 aliphatic rings. The van der Waals surface area contributed by atoms with Crippen LogP contribution in [-0.2, 0) is 0 Å². The van der Waals surface area contributed by atoms with Crippen LogP contribution in [0.5, 0.6) is 0 Å². The van der Waals surface area contributed by atoms with Gasteiger partial charge in [0.25, 0.3) is 11.6 Å². The Morgan fingerprint density at radius 1 is 1.53 bits per heavy atom. The molecule has 1 amide bonds. The van der Waals surface area contributed by atoms with Crippen molar-refractivity contribution in [2.75, 3.05) is 20.1 Å². The first-order chi connectivity index (χ1) is 8.50. The molecule has 1 saturated heterocycles. The summed E-state index contributed by atoms with van der Waals surface area (Å²) in [5.41, 5.74) is -0.507. The number of benzene rings is 1. The van der Waals surface area contributed by atoms with Gasteiger partial charge in [0.05, 0.1) is 22.6 Å². The Labute approximate surface area is 115 Å². The number of nitro benzene ring substituents is 1. The Bertz CT molecular complexity index is 508. The summed E-state index contributed by atoms with van der Waals surface area (Å²) in [6, 6.07) is 3.09. The second-order valence-electron chi connectivity index (χ2n) is 4.15. The minimum Gasteiger partial charge on any atom is -0.336 e. The van der Waals surface area contributed by atoms with Crippen molar-refractivity contribution in [1.29, 1.82) is 0 Å². The van der Waals surface area contributed by atoms with Crippen LogP contribution in [0.2, 0.25) is 0 Å². The Morgan fingerprint density at radius 3 is 2.58 bits per heavy atom. The topological polar surface area (TPSA) is 75.5 Å². The Hall–Kier alpha value is -1.73. The second kappa shape index (κ2) is 5.94. The Morgan fingerprint density at radius 2 is 2.16 bits per heavy atom. The van der Waals surface area contributed by atoms with E-state index in [4.69, 9.17) is 0 Å². The lowest BCUT2D eigenvalue weighted by atomic mass is 10.1. The number of amides is 1. The number of carbonyl (C=O) groups excluding carboxylic acids is 1. The Kier molecular flexibility index (Phi) is 4.79. The number of halogens is 2. The molecule has 0 saturated carbocycles. The minimum absolute atomic E-state index is 0. The number of nitrogens with zero attached hydrogens (tertiary/aromatic N) is 2. The summed E-state index contributed by atoms with van der Waals surface area (Å²) >= 11 is 0. The summed E-state index contributed by atoms with van der Waals surface area (Å²) in [5.74, 6) is -1.33. The maximum Gasteiger partial charge on any atom is 0.272 e. The summed E-state index contributed by atoms with van der Waals surface area (Å²) in [6.07, 6.45) is 0. The molecule has 0 radical (unpaired) electrons. The molecule has 1 aromatic rings. The monoisotopic (exact) mass is 289 g/mol. The summed E-state index contributed by atoms with van der Waals surface area (Å²) in [7, 11) is 1.59. The molecule has 1 N–H and O–H groups in total. The molecular weight excluding hydrogens is 277 g/mol. The summed E-state index contributed by atoms with van der Waals surface area (Å²) in [4.78, 5) is 23.2. The van der Waals surface area contributed by atoms with Crippen molar-refractivity contribution in [3.05, 3.63) is 39.7 Å². The van der Waals surface area contributed by atoms with Crippen molar-refractivity contribution in [2.45, 2.75) is 6.04 Å². The standard InChI is InChI=1S/C11H12FN3O3.ClH/c1-14(8-5-13-6-8)11(16)9-3-2-7(15(17)18)4-10(9)12;/h2-4,8,13H,5-6H2,1H3;1H. The molecular formula is C11H13ClFN3O3. The predicted octanol–water partition coefficient (Wildman–Crippen LogP) is 1.20. The predicted molar refractivity (Wildman–Crippen MR) is 69.1 cm³/mol. The third kappa shape index (κ3) is 2.99. The molecule has 1 heterocycles. The maximum absolute atomic E-state index is 13.6. The molecule has 0 unspecified atom stereocenters. The van der Waals surface area contributed by atoms with Crippen molar-refractivity contribution < 1.29 is 14.1 Å². The van der Waals surface area contributed by atoms with Crippen molar-refractivity contribution in [3.63, 3.8) is 0 Å². The van der Waals surface area contributed by atoms with E-state index in [-0.39, 0.29) is 29.7 Å². The zero-order valence-electron chi connectivity index (χ0n) is 10.1. The van der Waals surface area contributed by atoms with E-state index < -0.39 is 16.6 Å². The van der Waals surface area contributed by atoms with E-state index in [0.29, 0.717) is 13.1 Å². The van der Waals surface area contributed by atoms with Gasteiger partial charge in [-0.1, -0.05) is 0 Å². The van der Waals surface area contributed by atoms with Gasteiger partial charge in [0.15, 0.2) is 0 Å². The van der Waals surface area contributed by atoms with E-state index in [9.17, 15) is 19.3 Å². The largest absolute Gasteiger partial charge is 0.336 e. The summed E-state index contributed by atoms with van der Waals surface area (Å²) in [6.45, 7) is 1.35. The van der Waals surface area contributed by atoms with Crippen LogP contribution >= 0.6 is 12.4 Å². The molecule has 1 aliphatic heterocycles. The first-order valence-corrected chi connectivity index (χ1v) is 5.42. The number of non-ortho nitro benzene ring substituents is 1. The first-order valence-electron chi connectivity index (χ1n) is 5.42. The molecule has 0 atom stereocenters. The number of likely N-dealkylation sites (N-methyl/N-ethyl adjacent to an activating group) is 1. The zero-order valence-corrected chi connectivity index (χ0v) is 10.9. The van der Waals surface area contributed by atoms with Crippen molar-refractivity contribution >= 4 is 24.0 Å². The molecule has 19 heavy (non-hydrogen) atoms. The molecule has 1 fully saturated rings. The van der Waals surface area contributed by atoms with Gasteiger partial charge in [-0.2, -0.15) is 0 Å². The van der Waals surface area contributed by atoms with Crippen LogP contribution in [0.1, 0.15) is 10.4 Å². The normalized spacial score (nSPS) is 14.2. The highest BCUT2D eigenvalue weighted by Crippen LogP contribution is 2.18. The van der Waals surface area contributed by atoms with E-state index in [1.807, 2.05) is 0 Å².